The summed E-state index contributed by atoms with van der Waals surface area (Å²) in [6, 6.07) is 11.3. The van der Waals surface area contributed by atoms with Gasteiger partial charge in [0.1, 0.15) is 11.3 Å². The second-order valence-electron chi connectivity index (χ2n) is 8.54. The molecule has 0 N–H and O–H groups in total. The van der Waals surface area contributed by atoms with Crippen LogP contribution in [0, 0.1) is 11.3 Å². The van der Waals surface area contributed by atoms with Gasteiger partial charge in [-0.3, -0.25) is 0 Å². The van der Waals surface area contributed by atoms with E-state index in [1.807, 2.05) is 30.3 Å². The van der Waals surface area contributed by atoms with Crippen molar-refractivity contribution in [2.45, 2.75) is 27.2 Å². The van der Waals surface area contributed by atoms with E-state index >= 15 is 0 Å². The summed E-state index contributed by atoms with van der Waals surface area (Å²) in [6.45, 7) is 11.5. The van der Waals surface area contributed by atoms with Gasteiger partial charge in [-0.15, -0.1) is 0 Å². The zero-order valence-electron chi connectivity index (χ0n) is 17.4. The molecule has 3 aromatic rings. The van der Waals surface area contributed by atoms with Gasteiger partial charge in [0.15, 0.2) is 0 Å². The van der Waals surface area contributed by atoms with Gasteiger partial charge >= 0.3 is 5.63 Å². The molecule has 150 valence electrons. The first-order chi connectivity index (χ1) is 13.8. The second kappa shape index (κ2) is 7.11. The molecule has 1 aliphatic heterocycles. The van der Waals surface area contributed by atoms with Gasteiger partial charge in [-0.05, 0) is 47.9 Å². The van der Waals surface area contributed by atoms with Crippen molar-refractivity contribution in [3.8, 4) is 5.75 Å². The van der Waals surface area contributed by atoms with Crippen LogP contribution in [0.4, 0.5) is 0 Å². The Labute approximate surface area is 170 Å². The Morgan fingerprint density at radius 3 is 2.62 bits per heavy atom. The van der Waals surface area contributed by atoms with Gasteiger partial charge in [0.2, 0.25) is 0 Å². The monoisotopic (exact) mass is 390 g/mol. The number of hydrogen-bond acceptors (Lipinski definition) is 4. The lowest BCUT2D eigenvalue weighted by atomic mass is 9.90. The van der Waals surface area contributed by atoms with Crippen LogP contribution < -0.4 is 10.4 Å². The predicted molar refractivity (Wildman–Crippen MR) is 117 cm³/mol. The average molecular weight is 390 g/mol. The molecule has 29 heavy (non-hydrogen) atoms. The summed E-state index contributed by atoms with van der Waals surface area (Å²) in [4.78, 5) is 12.4. The van der Waals surface area contributed by atoms with Crippen LogP contribution in [-0.4, -0.2) is 13.7 Å². The Morgan fingerprint density at radius 1 is 1.17 bits per heavy atom. The molecular weight excluding hydrogens is 364 g/mol. The molecule has 0 aliphatic carbocycles. The number of rotatable bonds is 5. The zero-order chi connectivity index (χ0) is 20.8. The maximum Gasteiger partial charge on any atom is 0.344 e. The van der Waals surface area contributed by atoms with Gasteiger partial charge < -0.3 is 13.9 Å². The molecule has 0 bridgehead atoms. The van der Waals surface area contributed by atoms with E-state index in [4.69, 9.17) is 13.9 Å². The Morgan fingerprint density at radius 2 is 1.93 bits per heavy atom. The lowest BCUT2D eigenvalue weighted by molar-refractivity contribution is 0.166. The van der Waals surface area contributed by atoms with Crippen molar-refractivity contribution in [2.75, 3.05) is 13.7 Å². The smallest absolute Gasteiger partial charge is 0.344 e. The summed E-state index contributed by atoms with van der Waals surface area (Å²) >= 11 is 0. The van der Waals surface area contributed by atoms with Crippen molar-refractivity contribution < 1.29 is 13.9 Å². The predicted octanol–water partition coefficient (Wildman–Crippen LogP) is 5.93. The minimum absolute atomic E-state index is 0.0852. The highest BCUT2D eigenvalue weighted by atomic mass is 16.5. The van der Waals surface area contributed by atoms with E-state index in [1.165, 1.54) is 0 Å². The highest BCUT2D eigenvalue weighted by molar-refractivity contribution is 6.05. The molecule has 0 saturated heterocycles. The summed E-state index contributed by atoms with van der Waals surface area (Å²) in [5.41, 5.74) is 2.29. The number of allylic oxidation sites excluding steroid dienone is 2. The maximum atomic E-state index is 12.4. The Kier molecular flexibility index (Phi) is 4.73. The second-order valence-corrected chi connectivity index (χ2v) is 8.54. The molecule has 0 radical (unpaired) electrons. The lowest BCUT2D eigenvalue weighted by Gasteiger charge is -2.15. The summed E-state index contributed by atoms with van der Waals surface area (Å²) in [6.07, 6.45) is 3.01. The van der Waals surface area contributed by atoms with Crippen LogP contribution in [0.5, 0.6) is 5.75 Å². The van der Waals surface area contributed by atoms with Crippen molar-refractivity contribution in [3.05, 3.63) is 70.8 Å². The topological polar surface area (TPSA) is 48.7 Å². The summed E-state index contributed by atoms with van der Waals surface area (Å²) in [5.74, 6) is 1.94. The van der Waals surface area contributed by atoms with Crippen molar-refractivity contribution in [2.24, 2.45) is 11.3 Å². The molecule has 2 aromatic carbocycles. The third-order valence-electron chi connectivity index (χ3n) is 5.51. The SMILES string of the molecule is C=C(CC(C)C1=CC(C)(C)CO1)c1ccc2c(=O)oc3cc(OC)ccc3c2c1. The molecule has 1 aliphatic rings. The molecule has 1 aromatic heterocycles. The van der Waals surface area contributed by atoms with E-state index in [9.17, 15) is 4.79 Å². The van der Waals surface area contributed by atoms with Crippen LogP contribution in [0.1, 0.15) is 32.8 Å². The Hall–Kier alpha value is -3.01. The fourth-order valence-electron chi connectivity index (χ4n) is 3.87. The maximum absolute atomic E-state index is 12.4. The first-order valence-electron chi connectivity index (χ1n) is 9.86. The quantitative estimate of drug-likeness (QED) is 0.400. The first-order valence-corrected chi connectivity index (χ1v) is 9.86. The molecule has 0 spiro atoms. The van der Waals surface area contributed by atoms with E-state index in [0.717, 1.165) is 40.7 Å². The van der Waals surface area contributed by atoms with Crippen LogP contribution in [0.3, 0.4) is 0 Å². The molecule has 4 rings (SSSR count). The average Bonchev–Trinajstić information content (AvgIpc) is 3.07. The number of fused-ring (bicyclic) bond motifs is 3. The van der Waals surface area contributed by atoms with Gasteiger partial charge in [-0.1, -0.05) is 33.4 Å². The van der Waals surface area contributed by atoms with E-state index in [2.05, 4.69) is 33.4 Å². The Balaban J connectivity index is 1.70. The highest BCUT2D eigenvalue weighted by Gasteiger charge is 2.27. The van der Waals surface area contributed by atoms with Crippen LogP contribution in [0.25, 0.3) is 27.3 Å². The third kappa shape index (κ3) is 3.67. The standard InChI is InChI=1S/C25H26O4/c1-15(10-16(2)23-13-25(3,4)14-28-23)17-6-8-20-21(11-17)19-9-7-18(27-5)12-22(19)29-24(20)26/h6-9,11-13,16H,1,10,14H2,2-5H3. The van der Waals surface area contributed by atoms with Gasteiger partial charge in [-0.25, -0.2) is 4.79 Å². The molecule has 0 amide bonds. The highest BCUT2D eigenvalue weighted by Crippen LogP contribution is 2.36. The normalized spacial score (nSPS) is 16.5. The van der Waals surface area contributed by atoms with Gasteiger partial charge in [-0.2, -0.15) is 0 Å². The van der Waals surface area contributed by atoms with Gasteiger partial charge in [0, 0.05) is 28.2 Å². The third-order valence-corrected chi connectivity index (χ3v) is 5.51. The fraction of sp³-hybridized carbons (Fsp3) is 0.320. The molecule has 0 saturated carbocycles. The minimum Gasteiger partial charge on any atom is -0.497 e. The minimum atomic E-state index is -0.349. The number of hydrogen-bond donors (Lipinski definition) is 0. The fourth-order valence-corrected chi connectivity index (χ4v) is 3.87. The van der Waals surface area contributed by atoms with E-state index in [0.29, 0.717) is 16.7 Å². The molecule has 1 unspecified atom stereocenters. The molecule has 4 heteroatoms. The van der Waals surface area contributed by atoms with Crippen LogP contribution >= 0.6 is 0 Å². The van der Waals surface area contributed by atoms with Crippen LogP contribution in [0.15, 0.2) is 64.0 Å². The van der Waals surface area contributed by atoms with E-state index < -0.39 is 0 Å². The number of ether oxygens (including phenoxy) is 2. The van der Waals surface area contributed by atoms with Crippen molar-refractivity contribution in [1.29, 1.82) is 0 Å². The first kappa shape index (κ1) is 19.3. The lowest BCUT2D eigenvalue weighted by Crippen LogP contribution is -2.08. The van der Waals surface area contributed by atoms with Gasteiger partial charge in [0.05, 0.1) is 24.9 Å². The zero-order valence-corrected chi connectivity index (χ0v) is 17.4. The Bertz CT molecular complexity index is 1200. The summed E-state index contributed by atoms with van der Waals surface area (Å²) < 4.78 is 16.6. The number of methoxy groups -OCH3 is 1. The molecular formula is C25H26O4. The summed E-state index contributed by atoms with van der Waals surface area (Å²) in [7, 11) is 1.59. The van der Waals surface area contributed by atoms with Crippen molar-refractivity contribution in [1.82, 2.24) is 0 Å². The number of benzene rings is 2. The molecule has 1 atom stereocenters. The van der Waals surface area contributed by atoms with Gasteiger partial charge in [0.25, 0.3) is 0 Å². The summed E-state index contributed by atoms with van der Waals surface area (Å²) in [5, 5.41) is 2.31. The van der Waals surface area contributed by atoms with Crippen LogP contribution in [0.2, 0.25) is 0 Å². The largest absolute Gasteiger partial charge is 0.497 e. The molecule has 0 fully saturated rings. The molecule has 4 nitrogen and oxygen atoms in total. The van der Waals surface area contributed by atoms with Crippen molar-refractivity contribution >= 4 is 27.3 Å². The van der Waals surface area contributed by atoms with E-state index in [-0.39, 0.29) is 17.0 Å². The van der Waals surface area contributed by atoms with Crippen molar-refractivity contribution in [3.63, 3.8) is 0 Å². The van der Waals surface area contributed by atoms with E-state index in [1.54, 1.807) is 13.2 Å². The van der Waals surface area contributed by atoms with Crippen LogP contribution in [-0.2, 0) is 4.74 Å². The molecule has 2 heterocycles.